The minimum absolute atomic E-state index is 0.744. The fraction of sp³-hybridized carbons (Fsp3) is 0.333. The Bertz CT molecular complexity index is 552. The van der Waals surface area contributed by atoms with Crippen LogP contribution in [0.2, 0.25) is 0 Å². The lowest BCUT2D eigenvalue weighted by molar-refractivity contribution is -0.480. The van der Waals surface area contributed by atoms with Gasteiger partial charge < -0.3 is 0 Å². The number of fused-ring (bicyclic) bond motifs is 1. The van der Waals surface area contributed by atoms with Crippen molar-refractivity contribution < 1.29 is 9.41 Å². The summed E-state index contributed by atoms with van der Waals surface area (Å²) in [5, 5.41) is 1.06. The lowest BCUT2D eigenvalue weighted by Crippen LogP contribution is -2.38. The van der Waals surface area contributed by atoms with Gasteiger partial charge in [-0.3, -0.25) is 4.84 Å². The topological polar surface area (TPSA) is 33.3 Å². The van der Waals surface area contributed by atoms with Crippen LogP contribution in [0.5, 0.6) is 0 Å². The van der Waals surface area contributed by atoms with Gasteiger partial charge in [0, 0.05) is 17.8 Å². The van der Waals surface area contributed by atoms with Gasteiger partial charge in [-0.1, -0.05) is 0 Å². The molecule has 90 valence electrons. The summed E-state index contributed by atoms with van der Waals surface area (Å²) in [5.74, 6) is 0. The number of rotatable bonds is 1. The van der Waals surface area contributed by atoms with E-state index in [1.165, 1.54) is 0 Å². The molecule has 0 N–H and O–H groups in total. The Kier molecular flexibility index (Phi) is 2.99. The number of nitrogens with zero attached hydrogens (tertiary/aromatic N) is 4. The van der Waals surface area contributed by atoms with Gasteiger partial charge in [-0.2, -0.15) is 4.73 Å². The van der Waals surface area contributed by atoms with Crippen LogP contribution in [0, 0.1) is 0 Å². The van der Waals surface area contributed by atoms with Gasteiger partial charge in [0.15, 0.2) is 5.65 Å². The molecule has 0 aliphatic heterocycles. The molecule has 0 aromatic carbocycles. The molecular weight excluding hydrogens is 216 g/mol. The van der Waals surface area contributed by atoms with Crippen molar-refractivity contribution in [2.24, 2.45) is 0 Å². The Hall–Kier alpha value is -2.04. The van der Waals surface area contributed by atoms with Crippen LogP contribution in [0.25, 0.3) is 11.0 Å². The molecule has 17 heavy (non-hydrogen) atoms. The van der Waals surface area contributed by atoms with Crippen molar-refractivity contribution in [2.45, 2.75) is 0 Å². The molecule has 5 nitrogen and oxygen atoms in total. The van der Waals surface area contributed by atoms with Crippen LogP contribution in [0.4, 0.5) is 0 Å². The molecular formula is C12H17N4O+. The first-order valence-corrected chi connectivity index (χ1v) is 5.41. The smallest absolute Gasteiger partial charge is 0.297 e. The molecule has 2 aromatic heterocycles. The van der Waals surface area contributed by atoms with E-state index < -0.39 is 0 Å². The Labute approximate surface area is 101 Å². The fourth-order valence-corrected chi connectivity index (χ4v) is 1.67. The van der Waals surface area contributed by atoms with Crippen molar-refractivity contribution in [3.05, 3.63) is 30.6 Å². The lowest BCUT2D eigenvalue weighted by Gasteiger charge is -2.11. The summed E-state index contributed by atoms with van der Waals surface area (Å²) in [6, 6.07) is 6.64. The van der Waals surface area contributed by atoms with Gasteiger partial charge in [0.1, 0.15) is 0 Å². The van der Waals surface area contributed by atoms with Crippen LogP contribution in [-0.4, -0.2) is 53.4 Å². The van der Waals surface area contributed by atoms with Crippen LogP contribution in [0.1, 0.15) is 0 Å². The van der Waals surface area contributed by atoms with Gasteiger partial charge in [-0.15, -0.1) is 0 Å². The quantitative estimate of drug-likeness (QED) is 0.412. The second kappa shape index (κ2) is 4.45. The number of hydrogen-bond acceptors (Lipinski definition) is 2. The van der Waals surface area contributed by atoms with E-state index in [4.69, 9.17) is 4.84 Å². The zero-order chi connectivity index (χ0) is 12.4. The molecule has 0 fully saturated rings. The number of hydrogen-bond donors (Lipinski definition) is 0. The highest BCUT2D eigenvalue weighted by Crippen LogP contribution is 2.10. The van der Waals surface area contributed by atoms with Crippen LogP contribution in [0.15, 0.2) is 30.6 Å². The predicted octanol–water partition coefficient (Wildman–Crippen LogP) is 0.655. The SMILES string of the molecule is CN(C)C(On1ccc2cccnc21)=[N+](C)C. The molecule has 2 aromatic rings. The molecule has 0 amide bonds. The maximum Gasteiger partial charge on any atom is 0.470 e. The molecule has 0 radical (unpaired) electrons. The van der Waals surface area contributed by atoms with Gasteiger partial charge in [0.25, 0.3) is 0 Å². The van der Waals surface area contributed by atoms with Crippen LogP contribution < -0.4 is 4.84 Å². The predicted molar refractivity (Wildman–Crippen MR) is 67.1 cm³/mol. The second-order valence-corrected chi connectivity index (χ2v) is 4.22. The van der Waals surface area contributed by atoms with Crippen molar-refractivity contribution in [3.8, 4) is 0 Å². The first-order chi connectivity index (χ1) is 8.09. The summed E-state index contributed by atoms with van der Waals surface area (Å²) in [6.07, 6.45) is 3.62. The maximum atomic E-state index is 5.81. The molecule has 2 rings (SSSR count). The van der Waals surface area contributed by atoms with E-state index in [0.29, 0.717) is 0 Å². The first kappa shape index (κ1) is 11.4. The van der Waals surface area contributed by atoms with E-state index in [1.54, 1.807) is 10.9 Å². The lowest BCUT2D eigenvalue weighted by atomic mass is 10.3. The van der Waals surface area contributed by atoms with Crippen molar-refractivity contribution in [2.75, 3.05) is 28.2 Å². The van der Waals surface area contributed by atoms with Gasteiger partial charge in [-0.25, -0.2) is 14.5 Å². The molecule has 0 bridgehead atoms. The Morgan fingerprint density at radius 2 is 2.12 bits per heavy atom. The third-order valence-electron chi connectivity index (χ3n) is 2.36. The molecule has 2 heterocycles. The van der Waals surface area contributed by atoms with E-state index in [2.05, 4.69) is 4.98 Å². The van der Waals surface area contributed by atoms with Gasteiger partial charge in [-0.05, 0) is 18.2 Å². The minimum Gasteiger partial charge on any atom is -0.297 e. The molecule has 0 saturated heterocycles. The van der Waals surface area contributed by atoms with Gasteiger partial charge >= 0.3 is 6.02 Å². The van der Waals surface area contributed by atoms with Crippen molar-refractivity contribution in [3.63, 3.8) is 0 Å². The molecule has 0 aliphatic carbocycles. The van der Waals surface area contributed by atoms with Crippen LogP contribution >= 0.6 is 0 Å². The average Bonchev–Trinajstić information content (AvgIpc) is 2.68. The fourth-order valence-electron chi connectivity index (χ4n) is 1.67. The van der Waals surface area contributed by atoms with Gasteiger partial charge in [0.2, 0.25) is 0 Å². The third-order valence-corrected chi connectivity index (χ3v) is 2.36. The van der Waals surface area contributed by atoms with Crippen molar-refractivity contribution in [1.29, 1.82) is 0 Å². The van der Waals surface area contributed by atoms with E-state index in [9.17, 15) is 0 Å². The summed E-state index contributed by atoms with van der Waals surface area (Å²) >= 11 is 0. The van der Waals surface area contributed by atoms with Crippen LogP contribution in [0.3, 0.4) is 0 Å². The molecule has 0 unspecified atom stereocenters. The average molecular weight is 233 g/mol. The second-order valence-electron chi connectivity index (χ2n) is 4.22. The summed E-state index contributed by atoms with van der Waals surface area (Å²) in [5.41, 5.74) is 0.814. The van der Waals surface area contributed by atoms with E-state index >= 15 is 0 Å². The highest BCUT2D eigenvalue weighted by Gasteiger charge is 2.16. The Balaban J connectivity index is 2.39. The Morgan fingerprint density at radius 3 is 2.76 bits per heavy atom. The molecule has 0 spiro atoms. The highest BCUT2D eigenvalue weighted by atomic mass is 16.7. The molecule has 0 atom stereocenters. The standard InChI is InChI=1S/C12H17N4O/c1-14(2)12(15(3)4)17-16-9-7-10-6-5-8-13-11(10)16/h5-9H,1-4H3/q+1. The number of aromatic nitrogens is 2. The summed E-state index contributed by atoms with van der Waals surface area (Å²) in [6.45, 7) is 0. The summed E-state index contributed by atoms with van der Waals surface area (Å²) in [4.78, 5) is 12.0. The summed E-state index contributed by atoms with van der Waals surface area (Å²) < 4.78 is 3.58. The largest absolute Gasteiger partial charge is 0.470 e. The number of amidine groups is 1. The molecule has 0 saturated carbocycles. The number of pyridine rings is 1. The minimum atomic E-state index is 0.744. The zero-order valence-corrected chi connectivity index (χ0v) is 10.6. The summed E-state index contributed by atoms with van der Waals surface area (Å²) in [7, 11) is 7.76. The van der Waals surface area contributed by atoms with Crippen LogP contribution in [-0.2, 0) is 0 Å². The van der Waals surface area contributed by atoms with Crippen molar-refractivity contribution in [1.82, 2.24) is 14.6 Å². The van der Waals surface area contributed by atoms with E-state index in [0.717, 1.165) is 17.1 Å². The maximum absolute atomic E-state index is 5.81. The van der Waals surface area contributed by atoms with Crippen molar-refractivity contribution >= 4 is 17.1 Å². The first-order valence-electron chi connectivity index (χ1n) is 5.41. The molecule has 5 heteroatoms. The normalized spacial score (nSPS) is 10.4. The van der Waals surface area contributed by atoms with E-state index in [-0.39, 0.29) is 0 Å². The van der Waals surface area contributed by atoms with E-state index in [1.807, 2.05) is 62.1 Å². The third kappa shape index (κ3) is 2.22. The Morgan fingerprint density at radius 1 is 1.35 bits per heavy atom. The highest BCUT2D eigenvalue weighted by molar-refractivity contribution is 5.76. The monoisotopic (exact) mass is 233 g/mol. The van der Waals surface area contributed by atoms with Gasteiger partial charge in [0.05, 0.1) is 28.2 Å². The molecule has 0 aliphatic rings. The zero-order valence-electron chi connectivity index (χ0n) is 10.6.